The number of aromatic amines is 1. The van der Waals surface area contributed by atoms with E-state index in [2.05, 4.69) is 25.3 Å². The van der Waals surface area contributed by atoms with Crippen molar-refractivity contribution >= 4 is 34.3 Å². The van der Waals surface area contributed by atoms with Crippen LogP contribution < -0.4 is 5.32 Å². The highest BCUT2D eigenvalue weighted by Crippen LogP contribution is 2.29. The number of hydrogen-bond acceptors (Lipinski definition) is 4. The number of imidazole rings is 1. The average molecular weight is 318 g/mol. The van der Waals surface area contributed by atoms with Crippen LogP contribution in [0.4, 0.5) is 29.1 Å². The SMILES string of the molecule is Fc1cc(F)c(F)c(Nc2nc(Cl)nc3nc[nH]c23)c1F. The molecule has 21 heavy (non-hydrogen) atoms. The second-order valence-electron chi connectivity index (χ2n) is 3.91. The van der Waals surface area contributed by atoms with Crippen molar-refractivity contribution in [1.29, 1.82) is 0 Å². The summed E-state index contributed by atoms with van der Waals surface area (Å²) in [5.74, 6) is -6.44. The van der Waals surface area contributed by atoms with Gasteiger partial charge in [-0.1, -0.05) is 0 Å². The summed E-state index contributed by atoms with van der Waals surface area (Å²) in [4.78, 5) is 13.9. The maximum Gasteiger partial charge on any atom is 0.226 e. The molecule has 10 heteroatoms. The van der Waals surface area contributed by atoms with Gasteiger partial charge in [-0.15, -0.1) is 0 Å². The molecule has 3 aromatic rings. The van der Waals surface area contributed by atoms with Crippen molar-refractivity contribution in [1.82, 2.24) is 19.9 Å². The van der Waals surface area contributed by atoms with E-state index in [1.165, 1.54) is 6.33 Å². The lowest BCUT2D eigenvalue weighted by atomic mass is 10.2. The number of aromatic nitrogens is 4. The van der Waals surface area contributed by atoms with E-state index in [9.17, 15) is 17.6 Å². The third kappa shape index (κ3) is 2.25. The van der Waals surface area contributed by atoms with E-state index >= 15 is 0 Å². The fourth-order valence-corrected chi connectivity index (χ4v) is 1.86. The lowest BCUT2D eigenvalue weighted by Crippen LogP contribution is -2.05. The number of halogens is 5. The molecule has 2 N–H and O–H groups in total. The first-order valence-corrected chi connectivity index (χ1v) is 5.82. The molecule has 0 saturated heterocycles. The lowest BCUT2D eigenvalue weighted by Gasteiger charge is -2.09. The maximum absolute atomic E-state index is 13.6. The normalized spacial score (nSPS) is 11.1. The summed E-state index contributed by atoms with van der Waals surface area (Å²) in [6, 6.07) is 0.106. The smallest absolute Gasteiger partial charge is 0.226 e. The number of H-pyrrole nitrogens is 1. The Hall–Kier alpha value is -2.42. The summed E-state index contributed by atoms with van der Waals surface area (Å²) in [7, 11) is 0. The first-order valence-electron chi connectivity index (χ1n) is 5.44. The van der Waals surface area contributed by atoms with Crippen LogP contribution in [0.15, 0.2) is 12.4 Å². The number of nitrogens with zero attached hydrogens (tertiary/aromatic N) is 3. The van der Waals surface area contributed by atoms with Crippen LogP contribution in [0.2, 0.25) is 5.28 Å². The molecule has 2 heterocycles. The molecular weight excluding hydrogens is 314 g/mol. The Bertz CT molecular complexity index is 824. The molecule has 1 aromatic carbocycles. The highest BCUT2D eigenvalue weighted by molar-refractivity contribution is 6.28. The van der Waals surface area contributed by atoms with E-state index in [4.69, 9.17) is 11.6 Å². The standard InChI is InChI=1S/C11H4ClF4N5/c12-11-20-9-8(17-2-18-9)10(21-11)19-7-5(15)3(13)1-4(14)6(7)16/h1-2H,(H2,17,18,19,20,21). The molecule has 0 bridgehead atoms. The Morgan fingerprint density at radius 1 is 1.05 bits per heavy atom. The van der Waals surface area contributed by atoms with E-state index in [0.29, 0.717) is 0 Å². The molecule has 0 spiro atoms. The summed E-state index contributed by atoms with van der Waals surface area (Å²) in [6.07, 6.45) is 1.25. The van der Waals surface area contributed by atoms with Gasteiger partial charge in [-0.3, -0.25) is 0 Å². The van der Waals surface area contributed by atoms with E-state index in [1.807, 2.05) is 0 Å². The van der Waals surface area contributed by atoms with Crippen molar-refractivity contribution in [2.45, 2.75) is 0 Å². The predicted molar refractivity (Wildman–Crippen MR) is 66.3 cm³/mol. The van der Waals surface area contributed by atoms with Crippen molar-refractivity contribution < 1.29 is 17.6 Å². The largest absolute Gasteiger partial charge is 0.340 e. The van der Waals surface area contributed by atoms with Gasteiger partial charge in [-0.25, -0.2) is 22.5 Å². The minimum absolute atomic E-state index is 0.106. The quantitative estimate of drug-likeness (QED) is 0.432. The third-order valence-electron chi connectivity index (χ3n) is 2.61. The highest BCUT2D eigenvalue weighted by Gasteiger charge is 2.21. The van der Waals surface area contributed by atoms with Crippen LogP contribution in [0, 0.1) is 23.3 Å². The molecule has 0 saturated carbocycles. The van der Waals surface area contributed by atoms with Gasteiger partial charge in [-0.2, -0.15) is 9.97 Å². The summed E-state index contributed by atoms with van der Waals surface area (Å²) < 4.78 is 53.5. The minimum atomic E-state index is -1.59. The zero-order valence-corrected chi connectivity index (χ0v) is 10.6. The van der Waals surface area contributed by atoms with Crippen molar-refractivity contribution in [3.05, 3.63) is 40.9 Å². The second kappa shape index (κ2) is 4.85. The molecule has 0 aliphatic heterocycles. The van der Waals surface area contributed by atoms with Crippen molar-refractivity contribution in [2.75, 3.05) is 5.32 Å². The first kappa shape index (κ1) is 13.6. The lowest BCUT2D eigenvalue weighted by molar-refractivity contribution is 0.459. The van der Waals surface area contributed by atoms with Gasteiger partial charge in [0.15, 0.2) is 34.7 Å². The number of fused-ring (bicyclic) bond motifs is 1. The number of rotatable bonds is 2. The number of anilines is 2. The topological polar surface area (TPSA) is 66.5 Å². The summed E-state index contributed by atoms with van der Waals surface area (Å²) in [5.41, 5.74) is -0.740. The molecule has 0 aliphatic carbocycles. The molecule has 0 radical (unpaired) electrons. The van der Waals surface area contributed by atoms with Crippen LogP contribution in [0.5, 0.6) is 0 Å². The predicted octanol–water partition coefficient (Wildman–Crippen LogP) is 3.31. The summed E-state index contributed by atoms with van der Waals surface area (Å²) in [6.45, 7) is 0. The van der Waals surface area contributed by atoms with Crippen LogP contribution >= 0.6 is 11.6 Å². The first-order chi connectivity index (χ1) is 9.97. The summed E-state index contributed by atoms with van der Waals surface area (Å²) >= 11 is 5.64. The van der Waals surface area contributed by atoms with E-state index in [1.54, 1.807) is 0 Å². The Balaban J connectivity index is 2.17. The molecule has 2 aromatic heterocycles. The van der Waals surface area contributed by atoms with Crippen molar-refractivity contribution in [3.63, 3.8) is 0 Å². The van der Waals surface area contributed by atoms with E-state index in [-0.39, 0.29) is 28.3 Å². The van der Waals surface area contributed by atoms with Gasteiger partial charge in [-0.05, 0) is 11.6 Å². The molecule has 0 fully saturated rings. The number of benzene rings is 1. The Morgan fingerprint density at radius 2 is 1.71 bits per heavy atom. The van der Waals surface area contributed by atoms with Gasteiger partial charge in [0, 0.05) is 6.07 Å². The summed E-state index contributed by atoms with van der Waals surface area (Å²) in [5, 5.41) is 1.90. The minimum Gasteiger partial charge on any atom is -0.340 e. The Kier molecular flexibility index (Phi) is 3.13. The molecule has 5 nitrogen and oxygen atoms in total. The van der Waals surface area contributed by atoms with Crippen LogP contribution in [0.25, 0.3) is 11.2 Å². The van der Waals surface area contributed by atoms with E-state index in [0.717, 1.165) is 0 Å². The number of hydrogen-bond donors (Lipinski definition) is 2. The van der Waals surface area contributed by atoms with Gasteiger partial charge < -0.3 is 10.3 Å². The van der Waals surface area contributed by atoms with Crippen LogP contribution in [0.1, 0.15) is 0 Å². The maximum atomic E-state index is 13.6. The van der Waals surface area contributed by atoms with E-state index < -0.39 is 29.0 Å². The van der Waals surface area contributed by atoms with Crippen LogP contribution in [-0.4, -0.2) is 19.9 Å². The van der Waals surface area contributed by atoms with Gasteiger partial charge >= 0.3 is 0 Å². The molecule has 0 aliphatic rings. The monoisotopic (exact) mass is 317 g/mol. The van der Waals surface area contributed by atoms with Crippen molar-refractivity contribution in [2.24, 2.45) is 0 Å². The fraction of sp³-hybridized carbons (Fsp3) is 0. The number of nitrogens with one attached hydrogen (secondary N) is 2. The van der Waals surface area contributed by atoms with Gasteiger partial charge in [0.05, 0.1) is 6.33 Å². The van der Waals surface area contributed by atoms with Crippen molar-refractivity contribution in [3.8, 4) is 0 Å². The Labute approximate surface area is 119 Å². The Morgan fingerprint density at radius 3 is 2.38 bits per heavy atom. The molecular formula is C11H4ClF4N5. The highest BCUT2D eigenvalue weighted by atomic mass is 35.5. The van der Waals surface area contributed by atoms with Gasteiger partial charge in [0.1, 0.15) is 11.2 Å². The third-order valence-corrected chi connectivity index (χ3v) is 2.78. The van der Waals surface area contributed by atoms with Gasteiger partial charge in [0.25, 0.3) is 0 Å². The average Bonchev–Trinajstić information content (AvgIpc) is 2.89. The zero-order valence-electron chi connectivity index (χ0n) is 9.89. The van der Waals surface area contributed by atoms with Crippen LogP contribution in [0.3, 0.4) is 0 Å². The van der Waals surface area contributed by atoms with Gasteiger partial charge in [0.2, 0.25) is 5.28 Å². The fourth-order valence-electron chi connectivity index (χ4n) is 1.70. The zero-order chi connectivity index (χ0) is 15.1. The molecule has 0 unspecified atom stereocenters. The molecule has 3 rings (SSSR count). The second-order valence-corrected chi connectivity index (χ2v) is 4.25. The van der Waals surface area contributed by atoms with Crippen LogP contribution in [-0.2, 0) is 0 Å². The molecule has 0 amide bonds. The molecule has 0 atom stereocenters. The molecule has 108 valence electrons.